The van der Waals surface area contributed by atoms with Gasteiger partial charge in [-0.3, -0.25) is 9.78 Å². The van der Waals surface area contributed by atoms with Gasteiger partial charge < -0.3 is 5.32 Å². The van der Waals surface area contributed by atoms with Crippen LogP contribution in [0.3, 0.4) is 0 Å². The molecule has 1 saturated carbocycles. The number of aryl methyl sites for hydroxylation is 1. The van der Waals surface area contributed by atoms with Crippen LogP contribution in [-0.2, 0) is 0 Å². The van der Waals surface area contributed by atoms with Crippen LogP contribution < -0.4 is 5.32 Å². The van der Waals surface area contributed by atoms with E-state index < -0.39 is 0 Å². The summed E-state index contributed by atoms with van der Waals surface area (Å²) in [4.78, 5) is 17.9. The lowest BCUT2D eigenvalue weighted by atomic mass is 10.1. The predicted molar refractivity (Wildman–Crippen MR) is 110 cm³/mol. The fraction of sp³-hybridized carbons (Fsp3) is 0.174. The molecule has 0 bridgehead atoms. The van der Waals surface area contributed by atoms with Crippen molar-refractivity contribution in [1.82, 2.24) is 14.8 Å². The van der Waals surface area contributed by atoms with Gasteiger partial charge in [-0.15, -0.1) is 0 Å². The van der Waals surface area contributed by atoms with Gasteiger partial charge in [-0.25, -0.2) is 4.68 Å². The maximum absolute atomic E-state index is 13.1. The number of nitrogens with zero attached hydrogens (tertiary/aromatic N) is 3. The van der Waals surface area contributed by atoms with Crippen LogP contribution in [0.5, 0.6) is 0 Å². The highest BCUT2D eigenvalue weighted by Gasteiger charge is 2.27. The zero-order chi connectivity index (χ0) is 19.1. The molecule has 0 spiro atoms. The van der Waals surface area contributed by atoms with Crippen LogP contribution >= 0.6 is 0 Å². The molecular weight excluding hydrogens is 348 g/mol. The van der Waals surface area contributed by atoms with Gasteiger partial charge in [0.1, 0.15) is 0 Å². The van der Waals surface area contributed by atoms with Crippen LogP contribution in [0.15, 0.2) is 66.9 Å². The third-order valence-corrected chi connectivity index (χ3v) is 5.16. The molecule has 138 valence electrons. The molecule has 0 saturated heterocycles. The number of rotatable bonds is 4. The van der Waals surface area contributed by atoms with E-state index in [2.05, 4.69) is 10.4 Å². The molecule has 1 aliphatic carbocycles. The minimum absolute atomic E-state index is 0.116. The van der Waals surface area contributed by atoms with Crippen molar-refractivity contribution in [2.45, 2.75) is 25.7 Å². The van der Waals surface area contributed by atoms with E-state index in [0.717, 1.165) is 46.5 Å². The summed E-state index contributed by atoms with van der Waals surface area (Å²) in [6.45, 7) is 2.00. The molecule has 1 aliphatic rings. The average molecular weight is 368 g/mol. The molecule has 5 heteroatoms. The molecular formula is C23H20N4O. The number of pyridine rings is 1. The zero-order valence-electron chi connectivity index (χ0n) is 15.6. The van der Waals surface area contributed by atoms with E-state index >= 15 is 0 Å². The van der Waals surface area contributed by atoms with Gasteiger partial charge in [0, 0.05) is 34.6 Å². The summed E-state index contributed by atoms with van der Waals surface area (Å²) in [5.41, 5.74) is 5.26. The molecule has 28 heavy (non-hydrogen) atoms. The van der Waals surface area contributed by atoms with Gasteiger partial charge in [0.2, 0.25) is 0 Å². The molecule has 0 atom stereocenters. The molecule has 1 amide bonds. The number of benzene rings is 2. The number of carbonyl (C=O) groups excluding carboxylic acids is 1. The van der Waals surface area contributed by atoms with Crippen molar-refractivity contribution in [3.8, 4) is 5.69 Å². The number of para-hydroxylation sites is 1. The van der Waals surface area contributed by atoms with Crippen molar-refractivity contribution in [3.05, 3.63) is 83.8 Å². The number of carbonyl (C=O) groups is 1. The third-order valence-electron chi connectivity index (χ3n) is 5.16. The van der Waals surface area contributed by atoms with Gasteiger partial charge in [-0.05, 0) is 56.2 Å². The van der Waals surface area contributed by atoms with Crippen molar-refractivity contribution in [1.29, 1.82) is 0 Å². The minimum atomic E-state index is -0.116. The van der Waals surface area contributed by atoms with Gasteiger partial charge >= 0.3 is 0 Å². The summed E-state index contributed by atoms with van der Waals surface area (Å²) in [5, 5.41) is 8.27. The number of aromatic nitrogens is 3. The van der Waals surface area contributed by atoms with Gasteiger partial charge in [0.15, 0.2) is 0 Å². The molecule has 2 aromatic heterocycles. The average Bonchev–Trinajstić information content (AvgIpc) is 3.48. The quantitative estimate of drug-likeness (QED) is 0.560. The number of hydrogen-bond acceptors (Lipinski definition) is 3. The van der Waals surface area contributed by atoms with Crippen LogP contribution in [0, 0.1) is 6.92 Å². The minimum Gasteiger partial charge on any atom is -0.322 e. The monoisotopic (exact) mass is 368 g/mol. The molecule has 1 fully saturated rings. The second-order valence-corrected chi connectivity index (χ2v) is 7.27. The fourth-order valence-corrected chi connectivity index (χ4v) is 3.53. The van der Waals surface area contributed by atoms with E-state index in [4.69, 9.17) is 4.98 Å². The molecule has 5 nitrogen and oxygen atoms in total. The maximum Gasteiger partial charge on any atom is 0.256 e. The van der Waals surface area contributed by atoms with Crippen LogP contribution in [0.2, 0.25) is 0 Å². The Balaban J connectivity index is 1.50. The highest BCUT2D eigenvalue weighted by Crippen LogP contribution is 2.40. The second-order valence-electron chi connectivity index (χ2n) is 7.27. The van der Waals surface area contributed by atoms with Gasteiger partial charge in [0.05, 0.1) is 16.8 Å². The smallest absolute Gasteiger partial charge is 0.256 e. The highest BCUT2D eigenvalue weighted by molar-refractivity contribution is 6.12. The Morgan fingerprint density at radius 3 is 2.71 bits per heavy atom. The molecule has 5 rings (SSSR count). The molecule has 2 aromatic carbocycles. The first-order valence-electron chi connectivity index (χ1n) is 9.51. The van der Waals surface area contributed by atoms with Gasteiger partial charge in [-0.1, -0.05) is 24.3 Å². The molecule has 0 unspecified atom stereocenters. The number of anilines is 1. The lowest BCUT2D eigenvalue weighted by Gasteiger charge is -2.11. The van der Waals surface area contributed by atoms with Crippen molar-refractivity contribution in [2.75, 3.05) is 5.32 Å². The summed E-state index contributed by atoms with van der Waals surface area (Å²) in [5.74, 6) is 0.372. The first-order chi connectivity index (χ1) is 13.7. The largest absolute Gasteiger partial charge is 0.322 e. The number of amides is 1. The molecule has 2 heterocycles. The Labute approximate surface area is 163 Å². The van der Waals surface area contributed by atoms with Gasteiger partial charge in [-0.2, -0.15) is 5.10 Å². The van der Waals surface area contributed by atoms with E-state index in [9.17, 15) is 4.79 Å². The van der Waals surface area contributed by atoms with Crippen LogP contribution in [0.4, 0.5) is 5.69 Å². The van der Waals surface area contributed by atoms with E-state index in [0.29, 0.717) is 11.5 Å². The number of nitrogens with one attached hydrogen (secondary N) is 1. The maximum atomic E-state index is 13.1. The Morgan fingerprint density at radius 2 is 1.93 bits per heavy atom. The van der Waals surface area contributed by atoms with Crippen LogP contribution in [-0.4, -0.2) is 20.7 Å². The van der Waals surface area contributed by atoms with E-state index in [-0.39, 0.29) is 5.91 Å². The Bertz CT molecular complexity index is 1190. The predicted octanol–water partition coefficient (Wildman–Crippen LogP) is 4.86. The topological polar surface area (TPSA) is 59.8 Å². The van der Waals surface area contributed by atoms with E-state index in [1.165, 1.54) is 0 Å². The summed E-state index contributed by atoms with van der Waals surface area (Å²) in [6.07, 6.45) is 4.07. The SMILES string of the molecule is Cc1ccnn1-c1cccc(NC(=O)c2cc(C3CC3)nc3ccccc23)c1. The first-order valence-corrected chi connectivity index (χ1v) is 9.51. The summed E-state index contributed by atoms with van der Waals surface area (Å²) in [7, 11) is 0. The van der Waals surface area contributed by atoms with Crippen LogP contribution in [0.1, 0.15) is 40.5 Å². The third kappa shape index (κ3) is 3.05. The van der Waals surface area contributed by atoms with Crippen molar-refractivity contribution in [3.63, 3.8) is 0 Å². The Morgan fingerprint density at radius 1 is 1.07 bits per heavy atom. The number of hydrogen-bond donors (Lipinski definition) is 1. The lowest BCUT2D eigenvalue weighted by Crippen LogP contribution is -2.14. The molecule has 4 aromatic rings. The standard InChI is InChI=1S/C23H20N4O/c1-15-11-12-24-27(15)18-6-4-5-17(13-18)25-23(28)20-14-22(16-9-10-16)26-21-8-3-2-7-19(20)21/h2-8,11-14,16H,9-10H2,1H3,(H,25,28). The summed E-state index contributed by atoms with van der Waals surface area (Å²) < 4.78 is 1.85. The highest BCUT2D eigenvalue weighted by atomic mass is 16.1. The summed E-state index contributed by atoms with van der Waals surface area (Å²) in [6, 6.07) is 19.5. The van der Waals surface area contributed by atoms with Crippen molar-refractivity contribution in [2.24, 2.45) is 0 Å². The summed E-state index contributed by atoms with van der Waals surface area (Å²) >= 11 is 0. The second kappa shape index (κ2) is 6.60. The van der Waals surface area contributed by atoms with E-state index in [1.54, 1.807) is 6.20 Å². The Hall–Kier alpha value is -3.47. The zero-order valence-corrected chi connectivity index (χ0v) is 15.6. The fourth-order valence-electron chi connectivity index (χ4n) is 3.53. The van der Waals surface area contributed by atoms with Gasteiger partial charge in [0.25, 0.3) is 5.91 Å². The van der Waals surface area contributed by atoms with Crippen LogP contribution in [0.25, 0.3) is 16.6 Å². The molecule has 0 aliphatic heterocycles. The Kier molecular flexibility index (Phi) is 3.93. The molecule has 1 N–H and O–H groups in total. The number of fused-ring (bicyclic) bond motifs is 1. The van der Waals surface area contributed by atoms with Crippen molar-refractivity contribution >= 4 is 22.5 Å². The molecule has 0 radical (unpaired) electrons. The van der Waals surface area contributed by atoms with E-state index in [1.807, 2.05) is 72.3 Å². The van der Waals surface area contributed by atoms with Crippen molar-refractivity contribution < 1.29 is 4.79 Å². The normalized spacial score (nSPS) is 13.6. The lowest BCUT2D eigenvalue weighted by molar-refractivity contribution is 0.102. The first kappa shape index (κ1) is 16.7.